The van der Waals surface area contributed by atoms with Crippen molar-refractivity contribution >= 4 is 11.9 Å². The second kappa shape index (κ2) is 8.31. The molecule has 0 amide bonds. The molecule has 0 bridgehead atoms. The molecule has 25 heavy (non-hydrogen) atoms. The number of nitrogens with one attached hydrogen (secondary N) is 1. The summed E-state index contributed by atoms with van der Waals surface area (Å²) in [5, 5.41) is 12.0. The van der Waals surface area contributed by atoms with Gasteiger partial charge >= 0.3 is 5.97 Å². The van der Waals surface area contributed by atoms with Crippen molar-refractivity contribution in [3.05, 3.63) is 11.6 Å². The molecule has 1 N–H and O–H groups in total. The molecule has 2 aliphatic rings. The molecular weight excluding hydrogens is 320 g/mol. The standard InChI is InChI=1S/C17H28N6O2/c1-3-25-16(24)13-7-10-22(11-8-13)17(18-2)19-12-15-21-20-14-6-4-5-9-23(14)15/h13H,3-12H2,1-2H3,(H,18,19). The van der Waals surface area contributed by atoms with Crippen LogP contribution in [0.4, 0.5) is 0 Å². The lowest BCUT2D eigenvalue weighted by Crippen LogP contribution is -2.46. The number of rotatable bonds is 4. The van der Waals surface area contributed by atoms with Crippen molar-refractivity contribution in [3.63, 3.8) is 0 Å². The summed E-state index contributed by atoms with van der Waals surface area (Å²) in [6.45, 7) is 5.54. The maximum atomic E-state index is 11.9. The summed E-state index contributed by atoms with van der Waals surface area (Å²) in [5.74, 6) is 2.86. The van der Waals surface area contributed by atoms with Gasteiger partial charge in [0.1, 0.15) is 5.82 Å². The number of aliphatic imine (C=N–C) groups is 1. The van der Waals surface area contributed by atoms with Gasteiger partial charge in [0.25, 0.3) is 0 Å². The highest BCUT2D eigenvalue weighted by atomic mass is 16.5. The summed E-state index contributed by atoms with van der Waals surface area (Å²) in [7, 11) is 1.79. The fourth-order valence-electron chi connectivity index (χ4n) is 3.58. The zero-order valence-electron chi connectivity index (χ0n) is 15.2. The Bertz CT molecular complexity index is 619. The Morgan fingerprint density at radius 1 is 1.28 bits per heavy atom. The molecule has 0 spiro atoms. The molecule has 3 rings (SSSR count). The number of carbonyl (C=O) groups is 1. The van der Waals surface area contributed by atoms with E-state index in [4.69, 9.17) is 4.74 Å². The second-order valence-corrected chi connectivity index (χ2v) is 6.56. The molecule has 0 saturated carbocycles. The number of guanidine groups is 1. The number of aromatic nitrogens is 3. The Morgan fingerprint density at radius 3 is 2.80 bits per heavy atom. The van der Waals surface area contributed by atoms with Gasteiger partial charge in [-0.3, -0.25) is 9.79 Å². The number of piperidine rings is 1. The first-order valence-electron chi connectivity index (χ1n) is 9.26. The van der Waals surface area contributed by atoms with E-state index in [2.05, 4.69) is 30.0 Å². The number of hydrogen-bond acceptors (Lipinski definition) is 5. The Hall–Kier alpha value is -2.12. The molecule has 1 aromatic rings. The van der Waals surface area contributed by atoms with Crippen molar-refractivity contribution in [2.75, 3.05) is 26.7 Å². The number of hydrogen-bond donors (Lipinski definition) is 1. The van der Waals surface area contributed by atoms with E-state index in [0.717, 1.165) is 56.5 Å². The van der Waals surface area contributed by atoms with Crippen LogP contribution in [0.5, 0.6) is 0 Å². The van der Waals surface area contributed by atoms with E-state index in [1.54, 1.807) is 7.05 Å². The van der Waals surface area contributed by atoms with Crippen LogP contribution in [-0.2, 0) is 29.0 Å². The van der Waals surface area contributed by atoms with Gasteiger partial charge in [-0.25, -0.2) is 0 Å². The molecule has 0 radical (unpaired) electrons. The molecule has 1 saturated heterocycles. The number of likely N-dealkylation sites (tertiary alicyclic amines) is 1. The first kappa shape index (κ1) is 17.7. The second-order valence-electron chi connectivity index (χ2n) is 6.56. The minimum Gasteiger partial charge on any atom is -0.466 e. The molecule has 2 aliphatic heterocycles. The molecular formula is C17H28N6O2. The average Bonchev–Trinajstić information content (AvgIpc) is 3.06. The van der Waals surface area contributed by atoms with Crippen LogP contribution in [0.25, 0.3) is 0 Å². The maximum Gasteiger partial charge on any atom is 0.309 e. The summed E-state index contributed by atoms with van der Waals surface area (Å²) in [6.07, 6.45) is 5.01. The summed E-state index contributed by atoms with van der Waals surface area (Å²) < 4.78 is 7.35. The van der Waals surface area contributed by atoms with E-state index in [1.165, 1.54) is 12.8 Å². The van der Waals surface area contributed by atoms with Gasteiger partial charge in [-0.1, -0.05) is 0 Å². The van der Waals surface area contributed by atoms with E-state index >= 15 is 0 Å². The summed E-state index contributed by atoms with van der Waals surface area (Å²) in [5.41, 5.74) is 0. The SMILES string of the molecule is CCOC(=O)C1CCN(C(=NC)NCc2nnc3n2CCCC3)CC1. The molecule has 8 heteroatoms. The lowest BCUT2D eigenvalue weighted by atomic mass is 9.97. The van der Waals surface area contributed by atoms with Gasteiger partial charge in [-0.2, -0.15) is 0 Å². The van der Waals surface area contributed by atoms with Crippen molar-refractivity contribution in [3.8, 4) is 0 Å². The van der Waals surface area contributed by atoms with Crippen LogP contribution >= 0.6 is 0 Å². The molecule has 0 unspecified atom stereocenters. The molecule has 1 aromatic heterocycles. The van der Waals surface area contributed by atoms with E-state index < -0.39 is 0 Å². The van der Waals surface area contributed by atoms with Crippen LogP contribution in [0.2, 0.25) is 0 Å². The predicted octanol–water partition coefficient (Wildman–Crippen LogP) is 0.965. The summed E-state index contributed by atoms with van der Waals surface area (Å²) >= 11 is 0. The van der Waals surface area contributed by atoms with E-state index in [1.807, 2.05) is 6.92 Å². The minimum atomic E-state index is -0.0693. The zero-order valence-corrected chi connectivity index (χ0v) is 15.2. The number of carbonyl (C=O) groups excluding carboxylic acids is 1. The normalized spacial score (nSPS) is 18.8. The van der Waals surface area contributed by atoms with Gasteiger partial charge in [0.15, 0.2) is 11.8 Å². The molecule has 138 valence electrons. The number of aryl methyl sites for hydroxylation is 1. The van der Waals surface area contributed by atoms with E-state index in [9.17, 15) is 4.79 Å². The van der Waals surface area contributed by atoms with Crippen LogP contribution in [0.3, 0.4) is 0 Å². The lowest BCUT2D eigenvalue weighted by molar-refractivity contribution is -0.149. The predicted molar refractivity (Wildman–Crippen MR) is 94.1 cm³/mol. The van der Waals surface area contributed by atoms with Gasteiger partial charge in [0, 0.05) is 33.1 Å². The maximum absolute atomic E-state index is 11.9. The fraction of sp³-hybridized carbons (Fsp3) is 0.765. The molecule has 8 nitrogen and oxygen atoms in total. The lowest BCUT2D eigenvalue weighted by Gasteiger charge is -2.33. The Labute approximate surface area is 148 Å². The molecule has 0 atom stereocenters. The average molecular weight is 348 g/mol. The molecule has 1 fully saturated rings. The van der Waals surface area contributed by atoms with Crippen LogP contribution in [0.15, 0.2) is 4.99 Å². The summed E-state index contributed by atoms with van der Waals surface area (Å²) in [6, 6.07) is 0. The third kappa shape index (κ3) is 4.11. The van der Waals surface area contributed by atoms with Crippen LogP contribution in [0, 0.1) is 5.92 Å². The van der Waals surface area contributed by atoms with Crippen LogP contribution in [0.1, 0.15) is 44.3 Å². The van der Waals surface area contributed by atoms with Crippen molar-refractivity contribution in [1.82, 2.24) is 25.0 Å². The highest BCUT2D eigenvalue weighted by Gasteiger charge is 2.27. The van der Waals surface area contributed by atoms with Crippen molar-refractivity contribution in [1.29, 1.82) is 0 Å². The quantitative estimate of drug-likeness (QED) is 0.496. The van der Waals surface area contributed by atoms with Gasteiger partial charge in [-0.05, 0) is 32.6 Å². The van der Waals surface area contributed by atoms with Gasteiger partial charge in [-0.15, -0.1) is 10.2 Å². The van der Waals surface area contributed by atoms with Gasteiger partial charge in [0.2, 0.25) is 0 Å². The van der Waals surface area contributed by atoms with Crippen LogP contribution in [-0.4, -0.2) is 58.3 Å². The van der Waals surface area contributed by atoms with Crippen molar-refractivity contribution in [2.45, 2.75) is 52.1 Å². The Balaban J connectivity index is 1.52. The third-order valence-electron chi connectivity index (χ3n) is 4.97. The first-order chi connectivity index (χ1) is 12.2. The topological polar surface area (TPSA) is 84.6 Å². The first-order valence-corrected chi connectivity index (χ1v) is 9.26. The largest absolute Gasteiger partial charge is 0.466 e. The third-order valence-corrected chi connectivity index (χ3v) is 4.97. The highest BCUT2D eigenvalue weighted by Crippen LogP contribution is 2.19. The fourth-order valence-corrected chi connectivity index (χ4v) is 3.58. The van der Waals surface area contributed by atoms with Gasteiger partial charge in [0.05, 0.1) is 19.1 Å². The van der Waals surface area contributed by atoms with Crippen LogP contribution < -0.4 is 5.32 Å². The Kier molecular flexibility index (Phi) is 5.88. The molecule has 3 heterocycles. The minimum absolute atomic E-state index is 0.0119. The number of ether oxygens (including phenoxy) is 1. The monoisotopic (exact) mass is 348 g/mol. The highest BCUT2D eigenvalue weighted by molar-refractivity contribution is 5.80. The smallest absolute Gasteiger partial charge is 0.309 e. The van der Waals surface area contributed by atoms with E-state index in [-0.39, 0.29) is 11.9 Å². The summed E-state index contributed by atoms with van der Waals surface area (Å²) in [4.78, 5) is 18.4. The molecule has 0 aliphatic carbocycles. The Morgan fingerprint density at radius 2 is 2.08 bits per heavy atom. The van der Waals surface area contributed by atoms with Crippen molar-refractivity contribution < 1.29 is 9.53 Å². The number of esters is 1. The van der Waals surface area contributed by atoms with Crippen molar-refractivity contribution in [2.24, 2.45) is 10.9 Å². The zero-order chi connectivity index (χ0) is 17.6. The number of nitrogens with zero attached hydrogens (tertiary/aromatic N) is 5. The molecule has 0 aromatic carbocycles. The van der Waals surface area contributed by atoms with Gasteiger partial charge < -0.3 is 19.5 Å². The number of fused-ring (bicyclic) bond motifs is 1. The van der Waals surface area contributed by atoms with E-state index in [0.29, 0.717) is 13.2 Å².